The predicted molar refractivity (Wildman–Crippen MR) is 271 cm³/mol. The number of hydrogen-bond acceptors (Lipinski definition) is 14. The lowest BCUT2D eigenvalue weighted by Gasteiger charge is -2.43. The van der Waals surface area contributed by atoms with Crippen molar-refractivity contribution in [2.45, 2.75) is 83.8 Å². The SMILES string of the molecule is C=C1CCC(N2C(=O)c3ccc(N4CCC(CN5CCC(CN6CCN(c7cc(-c8n[nH]c9ccc(NC(=O)C%10=C(C)N(C)c%11nnnn%11C%10(C)C)cc89)ccn7)C[C@@H]6C)CC5)CC4)cc3C2=O)C(=O)N1. The second kappa shape index (κ2) is 18.3. The molecule has 1 unspecified atom stereocenters. The van der Waals surface area contributed by atoms with Gasteiger partial charge in [0.05, 0.1) is 27.8 Å². The standard InChI is InChI=1S/C52H63N15O4/c1-31-7-12-43(47(68)54-31)66-49(70)39-10-9-38(27-40(39)50(66)71)63-21-16-34(17-22-63)29-62-19-14-35(15-20-62)30-64-23-24-65(28-32(64)2)44-25-36(13-18-53-44)46-41-26-37(8-11-42(41)56-57-46)55-48(69)45-33(3)61(6)51-58-59-60-67(51)52(45,4)5/h8-11,13,18,25-27,32,34-35,43H,1,7,12,14-17,19-24,28-30H2,2-6H3,(H,54,68)(H,55,69)(H,56,57)/t32-,43?/m0/s1. The summed E-state index contributed by atoms with van der Waals surface area (Å²) in [6, 6.07) is 15.1. The molecule has 370 valence electrons. The Morgan fingerprint density at radius 1 is 0.873 bits per heavy atom. The number of anilines is 4. The third-order valence-corrected chi connectivity index (χ3v) is 16.1. The Morgan fingerprint density at radius 3 is 2.41 bits per heavy atom. The fourth-order valence-electron chi connectivity index (χ4n) is 11.9. The van der Waals surface area contributed by atoms with Gasteiger partial charge in [-0.25, -0.2) is 9.67 Å². The Kier molecular flexibility index (Phi) is 12.0. The fourth-order valence-corrected chi connectivity index (χ4v) is 11.9. The number of benzene rings is 2. The monoisotopic (exact) mass is 962 g/mol. The summed E-state index contributed by atoms with van der Waals surface area (Å²) in [6.45, 7) is 21.1. The maximum Gasteiger partial charge on any atom is 0.262 e. The summed E-state index contributed by atoms with van der Waals surface area (Å²) in [4.78, 5) is 71.2. The number of pyridine rings is 1. The lowest BCUT2D eigenvalue weighted by Crippen LogP contribution is -2.54. The Hall–Kier alpha value is -6.99. The Balaban J connectivity index is 0.648. The molecule has 0 bridgehead atoms. The zero-order valence-electron chi connectivity index (χ0n) is 41.3. The maximum absolute atomic E-state index is 13.9. The highest BCUT2D eigenvalue weighted by Crippen LogP contribution is 2.39. The molecule has 6 aliphatic rings. The molecule has 3 N–H and O–H groups in total. The van der Waals surface area contributed by atoms with Crippen LogP contribution in [0.25, 0.3) is 22.2 Å². The first-order valence-corrected chi connectivity index (χ1v) is 25.2. The van der Waals surface area contributed by atoms with Crippen molar-refractivity contribution in [2.75, 3.05) is 86.0 Å². The zero-order valence-corrected chi connectivity index (χ0v) is 41.3. The second-order valence-corrected chi connectivity index (χ2v) is 21.0. The van der Waals surface area contributed by atoms with Crippen LogP contribution < -0.4 is 25.3 Å². The topological polar surface area (TPSA) is 197 Å². The van der Waals surface area contributed by atoms with Crippen molar-refractivity contribution < 1.29 is 19.2 Å². The molecule has 19 nitrogen and oxygen atoms in total. The number of imide groups is 1. The summed E-state index contributed by atoms with van der Waals surface area (Å²) in [5, 5.41) is 26.9. The van der Waals surface area contributed by atoms with E-state index in [9.17, 15) is 19.2 Å². The number of tetrazole rings is 1. The van der Waals surface area contributed by atoms with Gasteiger partial charge in [0.1, 0.15) is 17.6 Å². The molecule has 5 aromatic rings. The van der Waals surface area contributed by atoms with Crippen molar-refractivity contribution in [1.82, 2.24) is 55.4 Å². The number of aromatic nitrogens is 7. The highest BCUT2D eigenvalue weighted by atomic mass is 16.2. The number of nitrogens with zero attached hydrogens (tertiary/aromatic N) is 12. The molecule has 0 saturated carbocycles. The number of allylic oxidation sites excluding steroid dienone is 2. The third-order valence-electron chi connectivity index (χ3n) is 16.1. The molecule has 0 spiro atoms. The lowest BCUT2D eigenvalue weighted by molar-refractivity contribution is -0.125. The van der Waals surface area contributed by atoms with Gasteiger partial charge in [-0.2, -0.15) is 5.10 Å². The number of carbonyl (C=O) groups is 4. The summed E-state index contributed by atoms with van der Waals surface area (Å²) in [5.41, 5.74) is 6.25. The van der Waals surface area contributed by atoms with Crippen LogP contribution in [-0.4, -0.2) is 152 Å². The molecule has 3 aromatic heterocycles. The predicted octanol–water partition coefficient (Wildman–Crippen LogP) is 5.24. The molecule has 0 radical (unpaired) electrons. The van der Waals surface area contributed by atoms with E-state index in [0.29, 0.717) is 64.8 Å². The number of H-pyrrole nitrogens is 1. The normalized spacial score (nSPS) is 22.7. The van der Waals surface area contributed by atoms with Crippen molar-refractivity contribution in [3.05, 3.63) is 89.4 Å². The van der Waals surface area contributed by atoms with Crippen LogP contribution in [0.4, 0.5) is 23.1 Å². The van der Waals surface area contributed by atoms with Crippen LogP contribution in [-0.2, 0) is 15.1 Å². The molecule has 2 aromatic carbocycles. The van der Waals surface area contributed by atoms with E-state index < -0.39 is 17.5 Å². The molecule has 4 fully saturated rings. The number of piperidine rings is 3. The van der Waals surface area contributed by atoms with Crippen molar-refractivity contribution in [3.63, 3.8) is 0 Å². The van der Waals surface area contributed by atoms with Gasteiger partial charge in [-0.1, -0.05) is 11.7 Å². The number of likely N-dealkylation sites (tertiary alicyclic amines) is 1. The Morgan fingerprint density at radius 2 is 1.63 bits per heavy atom. The van der Waals surface area contributed by atoms with Crippen molar-refractivity contribution >= 4 is 57.7 Å². The minimum Gasteiger partial charge on any atom is -0.371 e. The van der Waals surface area contributed by atoms with Crippen LogP contribution in [0.1, 0.15) is 86.9 Å². The summed E-state index contributed by atoms with van der Waals surface area (Å²) < 4.78 is 1.68. The number of fused-ring (bicyclic) bond motifs is 3. The minimum atomic E-state index is -0.805. The van der Waals surface area contributed by atoms with Crippen LogP contribution in [0, 0.1) is 11.8 Å². The number of nitrogens with one attached hydrogen (secondary N) is 3. The average Bonchev–Trinajstić information content (AvgIpc) is 4.10. The van der Waals surface area contributed by atoms with E-state index in [-0.39, 0.29) is 17.7 Å². The second-order valence-electron chi connectivity index (χ2n) is 21.0. The fraction of sp³-hybridized carbons (Fsp3) is 0.481. The van der Waals surface area contributed by atoms with Gasteiger partial charge in [-0.05, 0) is 150 Å². The van der Waals surface area contributed by atoms with Gasteiger partial charge in [0.25, 0.3) is 17.7 Å². The van der Waals surface area contributed by atoms with Crippen LogP contribution in [0.3, 0.4) is 0 Å². The molecule has 4 saturated heterocycles. The van der Waals surface area contributed by atoms with Gasteiger partial charge in [0.15, 0.2) is 0 Å². The van der Waals surface area contributed by atoms with Gasteiger partial charge >= 0.3 is 0 Å². The highest BCUT2D eigenvalue weighted by Gasteiger charge is 2.45. The molecule has 71 heavy (non-hydrogen) atoms. The van der Waals surface area contributed by atoms with Gasteiger partial charge in [0, 0.05) is 98.8 Å². The lowest BCUT2D eigenvalue weighted by atomic mass is 9.89. The van der Waals surface area contributed by atoms with E-state index >= 15 is 0 Å². The Bertz CT molecular complexity index is 2980. The minimum absolute atomic E-state index is 0.218. The van der Waals surface area contributed by atoms with E-state index in [2.05, 4.69) is 70.4 Å². The van der Waals surface area contributed by atoms with Crippen molar-refractivity contribution in [1.29, 1.82) is 0 Å². The summed E-state index contributed by atoms with van der Waals surface area (Å²) in [5.74, 6) is 1.49. The number of aromatic amines is 1. The highest BCUT2D eigenvalue weighted by molar-refractivity contribution is 6.23. The van der Waals surface area contributed by atoms with E-state index in [0.717, 1.165) is 116 Å². The first-order valence-electron chi connectivity index (χ1n) is 25.2. The largest absolute Gasteiger partial charge is 0.371 e. The molecule has 19 heteroatoms. The number of carbonyl (C=O) groups excluding carboxylic acids is 4. The third kappa shape index (κ3) is 8.51. The van der Waals surface area contributed by atoms with Gasteiger partial charge in [-0.3, -0.25) is 34.1 Å². The first kappa shape index (κ1) is 46.4. The number of amides is 4. The molecular weight excluding hydrogens is 899 g/mol. The maximum atomic E-state index is 13.9. The first-order chi connectivity index (χ1) is 34.2. The van der Waals surface area contributed by atoms with Gasteiger partial charge < -0.3 is 30.2 Å². The molecule has 0 aliphatic carbocycles. The van der Waals surface area contributed by atoms with E-state index in [1.54, 1.807) is 10.7 Å². The summed E-state index contributed by atoms with van der Waals surface area (Å²) in [7, 11) is 1.86. The zero-order chi connectivity index (χ0) is 49.3. The van der Waals surface area contributed by atoms with Gasteiger partial charge in [0.2, 0.25) is 11.9 Å². The van der Waals surface area contributed by atoms with Crippen LogP contribution in [0.5, 0.6) is 0 Å². The average molecular weight is 962 g/mol. The Labute approximate surface area is 413 Å². The molecule has 9 heterocycles. The van der Waals surface area contributed by atoms with Crippen molar-refractivity contribution in [3.8, 4) is 11.3 Å². The van der Waals surface area contributed by atoms with Crippen LogP contribution in [0.15, 0.2) is 78.3 Å². The van der Waals surface area contributed by atoms with E-state index in [1.165, 1.54) is 12.8 Å². The molecule has 11 rings (SSSR count). The molecule has 2 atom stereocenters. The van der Waals surface area contributed by atoms with E-state index in [4.69, 9.17) is 10.1 Å². The number of piperazine rings is 1. The quantitative estimate of drug-likeness (QED) is 0.154. The van der Waals surface area contributed by atoms with Crippen molar-refractivity contribution in [2.24, 2.45) is 11.8 Å². The molecular formula is C52H63N15O4. The van der Waals surface area contributed by atoms with Gasteiger partial charge in [-0.15, -0.1) is 0 Å². The van der Waals surface area contributed by atoms with Crippen LogP contribution in [0.2, 0.25) is 0 Å². The number of hydrogen-bond donors (Lipinski definition) is 3. The number of rotatable bonds is 10. The summed E-state index contributed by atoms with van der Waals surface area (Å²) >= 11 is 0. The van der Waals surface area contributed by atoms with E-state index in [1.807, 2.05) is 75.3 Å². The summed E-state index contributed by atoms with van der Waals surface area (Å²) in [6.07, 6.45) is 7.40. The molecule has 6 aliphatic heterocycles. The van der Waals surface area contributed by atoms with Crippen LogP contribution >= 0.6 is 0 Å². The molecule has 4 amide bonds. The smallest absolute Gasteiger partial charge is 0.262 e.